The van der Waals surface area contributed by atoms with E-state index in [0.29, 0.717) is 10.1 Å². The summed E-state index contributed by atoms with van der Waals surface area (Å²) in [5, 5.41) is 7.87. The minimum Gasteiger partial charge on any atom is -0.364 e. The lowest BCUT2D eigenvalue weighted by Crippen LogP contribution is -2.28. The summed E-state index contributed by atoms with van der Waals surface area (Å²) in [5.41, 5.74) is 4.63. The Hall–Kier alpha value is -1.13. The molecule has 0 unspecified atom stereocenters. The molecule has 15 heavy (non-hydrogen) atoms. The summed E-state index contributed by atoms with van der Waals surface area (Å²) >= 11 is 10.9. The van der Waals surface area contributed by atoms with Crippen molar-refractivity contribution in [2.75, 3.05) is 7.05 Å². The van der Waals surface area contributed by atoms with E-state index < -0.39 is 0 Å². The number of benzene rings is 1. The van der Waals surface area contributed by atoms with Crippen LogP contribution >= 0.6 is 23.8 Å². The Morgan fingerprint density at radius 1 is 1.53 bits per heavy atom. The molecular formula is C10H12ClN3S. The first-order chi connectivity index (χ1) is 7.15. The van der Waals surface area contributed by atoms with Gasteiger partial charge in [-0.1, -0.05) is 23.7 Å². The van der Waals surface area contributed by atoms with Crippen LogP contribution in [-0.4, -0.2) is 18.4 Å². The van der Waals surface area contributed by atoms with Gasteiger partial charge in [-0.3, -0.25) is 5.43 Å². The van der Waals surface area contributed by atoms with Crippen molar-refractivity contribution in [3.05, 3.63) is 34.3 Å². The van der Waals surface area contributed by atoms with Crippen molar-refractivity contribution in [3.63, 3.8) is 0 Å². The average Bonchev–Trinajstić information content (AvgIpc) is 2.22. The van der Waals surface area contributed by atoms with Crippen LogP contribution in [0.2, 0.25) is 5.02 Å². The summed E-state index contributed by atoms with van der Waals surface area (Å²) < 4.78 is 0. The van der Waals surface area contributed by atoms with Gasteiger partial charge in [-0.05, 0) is 30.8 Å². The molecule has 0 spiro atoms. The SMILES string of the molecule is CNC(=S)N/N=C/c1c(C)cccc1Cl. The zero-order valence-electron chi connectivity index (χ0n) is 8.54. The highest BCUT2D eigenvalue weighted by Crippen LogP contribution is 2.16. The highest BCUT2D eigenvalue weighted by atomic mass is 35.5. The first kappa shape index (κ1) is 11.9. The molecule has 3 nitrogen and oxygen atoms in total. The molecule has 1 aromatic rings. The molecule has 0 amide bonds. The third-order valence-electron chi connectivity index (χ3n) is 1.86. The number of nitrogens with zero attached hydrogens (tertiary/aromatic N) is 1. The lowest BCUT2D eigenvalue weighted by molar-refractivity contribution is 0.982. The number of thiocarbonyl (C=S) groups is 1. The van der Waals surface area contributed by atoms with E-state index in [-0.39, 0.29) is 0 Å². The summed E-state index contributed by atoms with van der Waals surface area (Å²) in [4.78, 5) is 0. The number of halogens is 1. The van der Waals surface area contributed by atoms with Gasteiger partial charge >= 0.3 is 0 Å². The third kappa shape index (κ3) is 3.49. The minimum atomic E-state index is 0.468. The van der Waals surface area contributed by atoms with Crippen LogP contribution in [0, 0.1) is 6.92 Å². The van der Waals surface area contributed by atoms with Crippen molar-refractivity contribution in [2.24, 2.45) is 5.10 Å². The fourth-order valence-electron chi connectivity index (χ4n) is 1.02. The van der Waals surface area contributed by atoms with Crippen LogP contribution in [-0.2, 0) is 0 Å². The second kappa shape index (κ2) is 5.68. The molecule has 0 aliphatic heterocycles. The maximum Gasteiger partial charge on any atom is 0.186 e. The fraction of sp³-hybridized carbons (Fsp3) is 0.200. The molecule has 0 aliphatic rings. The molecule has 0 radical (unpaired) electrons. The quantitative estimate of drug-likeness (QED) is 0.473. The fourth-order valence-corrected chi connectivity index (χ4v) is 1.34. The summed E-state index contributed by atoms with van der Waals surface area (Å²) in [6.07, 6.45) is 1.65. The van der Waals surface area contributed by atoms with Gasteiger partial charge in [-0.25, -0.2) is 0 Å². The minimum absolute atomic E-state index is 0.468. The van der Waals surface area contributed by atoms with Crippen molar-refractivity contribution in [1.29, 1.82) is 0 Å². The first-order valence-corrected chi connectivity index (χ1v) is 5.19. The molecule has 1 aromatic carbocycles. The number of rotatable bonds is 2. The topological polar surface area (TPSA) is 36.4 Å². The molecule has 0 fully saturated rings. The second-order valence-corrected chi connectivity index (χ2v) is 3.73. The molecule has 0 saturated carbocycles. The number of hydrogen-bond donors (Lipinski definition) is 2. The maximum atomic E-state index is 6.01. The van der Waals surface area contributed by atoms with Crippen molar-refractivity contribution in [3.8, 4) is 0 Å². The van der Waals surface area contributed by atoms with Gasteiger partial charge in [0.15, 0.2) is 5.11 Å². The monoisotopic (exact) mass is 241 g/mol. The molecule has 80 valence electrons. The number of hydrogen-bond acceptors (Lipinski definition) is 2. The van der Waals surface area contributed by atoms with Gasteiger partial charge in [0.2, 0.25) is 0 Å². The van der Waals surface area contributed by atoms with Crippen LogP contribution in [0.5, 0.6) is 0 Å². The van der Waals surface area contributed by atoms with Crippen molar-refractivity contribution < 1.29 is 0 Å². The number of aryl methyl sites for hydroxylation is 1. The van der Waals surface area contributed by atoms with E-state index in [1.54, 1.807) is 13.3 Å². The number of hydrazone groups is 1. The van der Waals surface area contributed by atoms with Crippen molar-refractivity contribution in [2.45, 2.75) is 6.92 Å². The Morgan fingerprint density at radius 2 is 2.27 bits per heavy atom. The highest BCUT2D eigenvalue weighted by Gasteiger charge is 1.99. The molecule has 0 bridgehead atoms. The Morgan fingerprint density at radius 3 is 2.87 bits per heavy atom. The molecule has 0 aliphatic carbocycles. The smallest absolute Gasteiger partial charge is 0.186 e. The van der Waals surface area contributed by atoms with Gasteiger partial charge in [0.25, 0.3) is 0 Å². The molecular weight excluding hydrogens is 230 g/mol. The van der Waals surface area contributed by atoms with Crippen LogP contribution in [0.4, 0.5) is 0 Å². The molecule has 0 saturated heterocycles. The van der Waals surface area contributed by atoms with E-state index in [4.69, 9.17) is 23.8 Å². The average molecular weight is 242 g/mol. The summed E-state index contributed by atoms with van der Waals surface area (Å²) in [6.45, 7) is 1.98. The second-order valence-electron chi connectivity index (χ2n) is 2.92. The summed E-state index contributed by atoms with van der Waals surface area (Å²) in [6, 6.07) is 5.70. The van der Waals surface area contributed by atoms with Crippen LogP contribution in [0.25, 0.3) is 0 Å². The Bertz CT molecular complexity index is 370. The molecule has 0 atom stereocenters. The molecule has 2 N–H and O–H groups in total. The van der Waals surface area contributed by atoms with Gasteiger partial charge < -0.3 is 5.32 Å². The van der Waals surface area contributed by atoms with Gasteiger partial charge in [-0.2, -0.15) is 5.10 Å². The van der Waals surface area contributed by atoms with Crippen LogP contribution in [0.3, 0.4) is 0 Å². The Labute approximate surface area is 99.5 Å². The Kier molecular flexibility index (Phi) is 4.52. The van der Waals surface area contributed by atoms with E-state index in [9.17, 15) is 0 Å². The first-order valence-electron chi connectivity index (χ1n) is 4.41. The molecule has 5 heteroatoms. The van der Waals surface area contributed by atoms with Crippen LogP contribution in [0.1, 0.15) is 11.1 Å². The molecule has 0 aromatic heterocycles. The number of nitrogens with one attached hydrogen (secondary N) is 2. The maximum absolute atomic E-state index is 6.01. The van der Waals surface area contributed by atoms with E-state index in [1.165, 1.54) is 0 Å². The molecule has 1 rings (SSSR count). The summed E-state index contributed by atoms with van der Waals surface area (Å²) in [5.74, 6) is 0. The van der Waals surface area contributed by atoms with Gasteiger partial charge in [-0.15, -0.1) is 0 Å². The van der Waals surface area contributed by atoms with Crippen molar-refractivity contribution in [1.82, 2.24) is 10.7 Å². The largest absolute Gasteiger partial charge is 0.364 e. The third-order valence-corrected chi connectivity index (χ3v) is 2.48. The van der Waals surface area contributed by atoms with Crippen LogP contribution in [0.15, 0.2) is 23.3 Å². The van der Waals surface area contributed by atoms with Crippen molar-refractivity contribution >= 4 is 35.1 Å². The predicted molar refractivity (Wildman–Crippen MR) is 68.6 cm³/mol. The zero-order valence-corrected chi connectivity index (χ0v) is 10.1. The van der Waals surface area contributed by atoms with Gasteiger partial charge in [0.1, 0.15) is 0 Å². The van der Waals surface area contributed by atoms with E-state index in [1.807, 2.05) is 25.1 Å². The summed E-state index contributed by atoms with van der Waals surface area (Å²) in [7, 11) is 1.73. The lowest BCUT2D eigenvalue weighted by Gasteiger charge is -2.03. The zero-order chi connectivity index (χ0) is 11.3. The predicted octanol–water partition coefficient (Wildman–Crippen LogP) is 2.08. The highest BCUT2D eigenvalue weighted by molar-refractivity contribution is 7.80. The normalized spacial score (nSPS) is 10.3. The van der Waals surface area contributed by atoms with Crippen LogP contribution < -0.4 is 10.7 Å². The lowest BCUT2D eigenvalue weighted by atomic mass is 10.1. The standard InChI is InChI=1S/C10H12ClN3S/c1-7-4-3-5-9(11)8(7)6-13-14-10(15)12-2/h3-6H,1-2H3,(H2,12,14,15)/b13-6+. The Balaban J connectivity index is 2.76. The van der Waals surface area contributed by atoms with Gasteiger partial charge in [0, 0.05) is 17.6 Å². The van der Waals surface area contributed by atoms with Gasteiger partial charge in [0.05, 0.1) is 6.21 Å². The molecule has 0 heterocycles. The van der Waals surface area contributed by atoms with E-state index in [0.717, 1.165) is 11.1 Å². The van der Waals surface area contributed by atoms with E-state index in [2.05, 4.69) is 15.8 Å². The van der Waals surface area contributed by atoms with E-state index >= 15 is 0 Å².